The van der Waals surface area contributed by atoms with Crippen LogP contribution in [0.3, 0.4) is 0 Å². The van der Waals surface area contributed by atoms with Crippen LogP contribution >= 0.6 is 0 Å². The van der Waals surface area contributed by atoms with Crippen molar-refractivity contribution < 1.29 is 4.42 Å². The molecule has 0 saturated carbocycles. The summed E-state index contributed by atoms with van der Waals surface area (Å²) in [6.45, 7) is 5.42. The third kappa shape index (κ3) is 4.55. The molecule has 116 valence electrons. The molecule has 4 N–H and O–H groups in total. The van der Waals surface area contributed by atoms with Crippen LogP contribution in [0.15, 0.2) is 21.3 Å². The van der Waals surface area contributed by atoms with Gasteiger partial charge in [0.25, 0.3) is 0 Å². The molecule has 0 saturated heterocycles. The van der Waals surface area contributed by atoms with Crippen LogP contribution in [-0.4, -0.2) is 11.5 Å². The van der Waals surface area contributed by atoms with Crippen LogP contribution in [0, 0.1) is 5.92 Å². The molecule has 0 unspecified atom stereocenters. The summed E-state index contributed by atoms with van der Waals surface area (Å²) in [5, 5.41) is 3.33. The molecular weight excluding hydrogens is 266 g/mol. The highest BCUT2D eigenvalue weighted by atomic mass is 16.4. The van der Waals surface area contributed by atoms with Crippen LogP contribution in [-0.2, 0) is 0 Å². The molecule has 1 aromatic carbocycles. The number of oxazole rings is 1. The van der Waals surface area contributed by atoms with E-state index in [4.69, 9.17) is 10.2 Å². The van der Waals surface area contributed by atoms with Crippen molar-refractivity contribution in [1.29, 1.82) is 0 Å². The Bertz CT molecular complexity index is 628. The number of nitrogens with two attached hydrogens (primary N) is 1. The molecule has 0 fully saturated rings. The predicted octanol–water partition coefficient (Wildman–Crippen LogP) is 3.72. The van der Waals surface area contributed by atoms with Crippen LogP contribution in [0.25, 0.3) is 11.1 Å². The van der Waals surface area contributed by atoms with Gasteiger partial charge in [0.05, 0.1) is 16.9 Å². The van der Waals surface area contributed by atoms with E-state index in [0.29, 0.717) is 16.8 Å². The van der Waals surface area contributed by atoms with Gasteiger partial charge in [-0.2, -0.15) is 0 Å². The molecular formula is C16H25N3O2. The summed E-state index contributed by atoms with van der Waals surface area (Å²) in [4.78, 5) is 13.8. The molecule has 2 rings (SSSR count). The average Bonchev–Trinajstić information content (AvgIpc) is 2.76. The monoisotopic (exact) mass is 291 g/mol. The van der Waals surface area contributed by atoms with Crippen molar-refractivity contribution in [2.45, 2.75) is 46.0 Å². The van der Waals surface area contributed by atoms with Gasteiger partial charge in [0.1, 0.15) is 0 Å². The minimum atomic E-state index is -0.452. The highest BCUT2D eigenvalue weighted by Crippen LogP contribution is 2.24. The largest absolute Gasteiger partial charge is 0.417 e. The number of nitrogens with one attached hydrogen (secondary N) is 2. The van der Waals surface area contributed by atoms with E-state index in [-0.39, 0.29) is 0 Å². The van der Waals surface area contributed by atoms with Crippen LogP contribution in [0.5, 0.6) is 0 Å². The number of fused-ring (bicyclic) bond motifs is 1. The van der Waals surface area contributed by atoms with Gasteiger partial charge in [0.15, 0.2) is 5.58 Å². The number of unbranched alkanes of at least 4 members (excludes halogenated alkanes) is 3. The first kappa shape index (κ1) is 15.5. The second-order valence-electron chi connectivity index (χ2n) is 5.97. The summed E-state index contributed by atoms with van der Waals surface area (Å²) in [7, 11) is 0. The zero-order valence-corrected chi connectivity index (χ0v) is 12.9. The quantitative estimate of drug-likeness (QED) is 0.511. The molecule has 5 heteroatoms. The smallest absolute Gasteiger partial charge is 0.408 e. The van der Waals surface area contributed by atoms with Gasteiger partial charge in [-0.15, -0.1) is 0 Å². The summed E-state index contributed by atoms with van der Waals surface area (Å²) in [5.41, 5.74) is 8.58. The lowest BCUT2D eigenvalue weighted by molar-refractivity contribution is 0.523. The Labute approximate surface area is 124 Å². The van der Waals surface area contributed by atoms with E-state index in [1.165, 1.54) is 25.7 Å². The van der Waals surface area contributed by atoms with Crippen LogP contribution in [0.1, 0.15) is 46.0 Å². The molecule has 0 spiro atoms. The summed E-state index contributed by atoms with van der Waals surface area (Å²) in [5.74, 6) is 0.346. The van der Waals surface area contributed by atoms with Gasteiger partial charge >= 0.3 is 5.76 Å². The summed E-state index contributed by atoms with van der Waals surface area (Å²) in [6.07, 6.45) is 6.25. The Morgan fingerprint density at radius 1 is 1.24 bits per heavy atom. The molecule has 0 amide bonds. The number of hydrogen-bond donors (Lipinski definition) is 3. The molecule has 0 radical (unpaired) electrons. The number of hydrogen-bond acceptors (Lipinski definition) is 4. The highest BCUT2D eigenvalue weighted by molar-refractivity contribution is 5.85. The van der Waals surface area contributed by atoms with E-state index < -0.39 is 5.76 Å². The van der Waals surface area contributed by atoms with Gasteiger partial charge in [0.2, 0.25) is 0 Å². The normalized spacial score (nSPS) is 11.4. The molecule has 0 bridgehead atoms. The van der Waals surface area contributed by atoms with Crippen LogP contribution in [0.4, 0.5) is 11.4 Å². The molecule has 0 aliphatic heterocycles. The lowest BCUT2D eigenvalue weighted by Gasteiger charge is -2.09. The third-order valence-electron chi connectivity index (χ3n) is 3.61. The average molecular weight is 291 g/mol. The molecule has 0 atom stereocenters. The van der Waals surface area contributed by atoms with Crippen LogP contribution < -0.4 is 16.8 Å². The topological polar surface area (TPSA) is 84.0 Å². The Kier molecular flexibility index (Phi) is 5.31. The molecule has 2 aromatic rings. The molecule has 1 heterocycles. The first-order valence-electron chi connectivity index (χ1n) is 7.72. The zero-order valence-electron chi connectivity index (χ0n) is 12.9. The molecule has 21 heavy (non-hydrogen) atoms. The number of H-pyrrole nitrogens is 1. The van der Waals surface area contributed by atoms with Gasteiger partial charge in [-0.3, -0.25) is 4.98 Å². The van der Waals surface area contributed by atoms with E-state index in [1.807, 2.05) is 6.07 Å². The van der Waals surface area contributed by atoms with Gasteiger partial charge in [-0.25, -0.2) is 4.79 Å². The number of anilines is 2. The number of aromatic nitrogens is 1. The SMILES string of the molecule is CC(C)CCCCCCNc1cc2[nH]c(=O)oc2cc1N. The first-order valence-corrected chi connectivity index (χ1v) is 7.72. The van der Waals surface area contributed by atoms with Crippen molar-refractivity contribution in [2.24, 2.45) is 5.92 Å². The summed E-state index contributed by atoms with van der Waals surface area (Å²) in [6, 6.07) is 3.51. The number of nitrogen functional groups attached to an aromatic ring is 1. The maximum Gasteiger partial charge on any atom is 0.417 e. The zero-order chi connectivity index (χ0) is 15.2. The lowest BCUT2D eigenvalue weighted by atomic mass is 10.0. The summed E-state index contributed by atoms with van der Waals surface area (Å²) >= 11 is 0. The number of aromatic amines is 1. The van der Waals surface area contributed by atoms with E-state index in [1.54, 1.807) is 6.07 Å². The highest BCUT2D eigenvalue weighted by Gasteiger charge is 2.06. The maximum atomic E-state index is 11.1. The van der Waals surface area contributed by atoms with Crippen molar-refractivity contribution in [2.75, 3.05) is 17.6 Å². The van der Waals surface area contributed by atoms with E-state index in [0.717, 1.165) is 24.6 Å². The predicted molar refractivity (Wildman–Crippen MR) is 87.7 cm³/mol. The van der Waals surface area contributed by atoms with Gasteiger partial charge in [0, 0.05) is 12.6 Å². The molecule has 0 aliphatic carbocycles. The van der Waals surface area contributed by atoms with E-state index in [9.17, 15) is 4.79 Å². The van der Waals surface area contributed by atoms with Crippen molar-refractivity contribution in [3.63, 3.8) is 0 Å². The lowest BCUT2D eigenvalue weighted by Crippen LogP contribution is -2.04. The minimum absolute atomic E-state index is 0.452. The Hall–Kier alpha value is -1.91. The first-order chi connectivity index (χ1) is 10.1. The fraction of sp³-hybridized carbons (Fsp3) is 0.562. The second kappa shape index (κ2) is 7.20. The molecule has 1 aromatic heterocycles. The molecule has 0 aliphatic rings. The van der Waals surface area contributed by atoms with Gasteiger partial charge < -0.3 is 15.5 Å². The van der Waals surface area contributed by atoms with E-state index >= 15 is 0 Å². The summed E-state index contributed by atoms with van der Waals surface area (Å²) < 4.78 is 4.97. The van der Waals surface area contributed by atoms with Crippen molar-refractivity contribution >= 4 is 22.5 Å². The Morgan fingerprint density at radius 3 is 2.76 bits per heavy atom. The number of benzene rings is 1. The third-order valence-corrected chi connectivity index (χ3v) is 3.61. The number of rotatable bonds is 8. The van der Waals surface area contributed by atoms with Crippen molar-refractivity contribution in [3.05, 3.63) is 22.7 Å². The van der Waals surface area contributed by atoms with Gasteiger partial charge in [-0.1, -0.05) is 39.5 Å². The van der Waals surface area contributed by atoms with Crippen molar-refractivity contribution in [3.8, 4) is 0 Å². The maximum absolute atomic E-state index is 11.1. The Morgan fingerprint density at radius 2 is 2.00 bits per heavy atom. The molecule has 5 nitrogen and oxygen atoms in total. The standard InChI is InChI=1S/C16H25N3O2/c1-11(2)7-5-3-4-6-8-18-13-10-14-15(9-12(13)17)21-16(20)19-14/h9-11,18H,3-8,17H2,1-2H3,(H,19,20). The Balaban J connectivity index is 1.78. The fourth-order valence-corrected chi connectivity index (χ4v) is 2.42. The van der Waals surface area contributed by atoms with Crippen LogP contribution in [0.2, 0.25) is 0 Å². The van der Waals surface area contributed by atoms with Crippen molar-refractivity contribution in [1.82, 2.24) is 4.98 Å². The second-order valence-corrected chi connectivity index (χ2v) is 5.97. The van der Waals surface area contributed by atoms with Gasteiger partial charge in [-0.05, 0) is 18.4 Å². The fourth-order valence-electron chi connectivity index (χ4n) is 2.42. The minimum Gasteiger partial charge on any atom is -0.408 e. The van der Waals surface area contributed by atoms with E-state index in [2.05, 4.69) is 24.1 Å².